The number of thiophene rings is 1. The number of carbonyl (C=O) groups is 1. The number of fused-ring (bicyclic) bond motifs is 1. The summed E-state index contributed by atoms with van der Waals surface area (Å²) in [5, 5.41) is 5.19. The minimum atomic E-state index is -3.29. The lowest BCUT2D eigenvalue weighted by Gasteiger charge is -2.34. The number of anilines is 2. The number of carbonyl (C=O) groups excluding carboxylic acids is 1. The maximum absolute atomic E-state index is 12.9. The number of nitrogens with one attached hydrogen (secondary N) is 2. The first-order chi connectivity index (χ1) is 13.9. The number of hydrogen-bond acceptors (Lipinski definition) is 5. The topological polar surface area (TPSA) is 81.8 Å². The quantitative estimate of drug-likeness (QED) is 0.775. The van der Waals surface area contributed by atoms with Gasteiger partial charge < -0.3 is 15.1 Å². The van der Waals surface area contributed by atoms with Crippen molar-refractivity contribution in [2.24, 2.45) is 0 Å². The summed E-state index contributed by atoms with van der Waals surface area (Å²) in [5.41, 5.74) is 3.16. The number of urea groups is 1. The van der Waals surface area contributed by atoms with E-state index in [0.29, 0.717) is 13.1 Å². The van der Waals surface area contributed by atoms with Crippen molar-refractivity contribution in [3.8, 4) is 0 Å². The molecule has 0 spiro atoms. The molecule has 2 N–H and O–H groups in total. The molecule has 4 rings (SSSR count). The minimum absolute atomic E-state index is 0.189. The third-order valence-electron chi connectivity index (χ3n) is 5.38. The highest BCUT2D eigenvalue weighted by Gasteiger charge is 2.26. The molecule has 2 aliphatic rings. The molecule has 1 fully saturated rings. The number of hydrogen-bond donors (Lipinski definition) is 2. The fourth-order valence-corrected chi connectivity index (χ4v) is 5.75. The molecule has 0 unspecified atom stereocenters. The molecule has 1 saturated heterocycles. The van der Waals surface area contributed by atoms with Crippen LogP contribution in [0, 0.1) is 0 Å². The molecule has 0 aliphatic carbocycles. The van der Waals surface area contributed by atoms with E-state index in [0.717, 1.165) is 50.0 Å². The number of nitrogens with zero attached hydrogens (tertiary/aromatic N) is 2. The molecule has 3 heterocycles. The Bertz CT molecular complexity index is 989. The van der Waals surface area contributed by atoms with Crippen molar-refractivity contribution >= 4 is 38.8 Å². The second kappa shape index (κ2) is 8.33. The van der Waals surface area contributed by atoms with Gasteiger partial charge >= 0.3 is 6.03 Å². The van der Waals surface area contributed by atoms with Gasteiger partial charge in [0.2, 0.25) is 10.0 Å². The largest absolute Gasteiger partial charge is 0.365 e. The highest BCUT2D eigenvalue weighted by molar-refractivity contribution is 7.88. The van der Waals surface area contributed by atoms with E-state index in [1.807, 2.05) is 35.6 Å². The lowest BCUT2D eigenvalue weighted by atomic mass is 10.1. The molecule has 156 valence electrons. The summed E-state index contributed by atoms with van der Waals surface area (Å²) in [6.45, 7) is 2.77. The van der Waals surface area contributed by atoms with Crippen molar-refractivity contribution < 1.29 is 13.2 Å². The standard InChI is InChI=1S/C20H26N4O3S2/c1-29(26,27)22-16-5-4-10-24(14-16)20(25)21-17-6-2-3-7-18(17)23-11-8-19-15(13-23)9-12-28-19/h2-3,6-7,9,12,16,22H,4-5,8,10-11,13-14H2,1H3,(H,21,25)/t16-/m1/s1. The Morgan fingerprint density at radius 1 is 1.21 bits per heavy atom. The highest BCUT2D eigenvalue weighted by Crippen LogP contribution is 2.32. The van der Waals surface area contributed by atoms with Crippen molar-refractivity contribution in [2.75, 3.05) is 36.1 Å². The van der Waals surface area contributed by atoms with Gasteiger partial charge in [0.1, 0.15) is 0 Å². The van der Waals surface area contributed by atoms with Gasteiger partial charge in [-0.2, -0.15) is 0 Å². The van der Waals surface area contributed by atoms with E-state index in [9.17, 15) is 13.2 Å². The monoisotopic (exact) mass is 434 g/mol. The van der Waals surface area contributed by atoms with Crippen molar-refractivity contribution in [1.82, 2.24) is 9.62 Å². The molecule has 0 radical (unpaired) electrons. The Balaban J connectivity index is 1.45. The fourth-order valence-electron chi connectivity index (χ4n) is 4.06. The van der Waals surface area contributed by atoms with Gasteiger partial charge in [0.15, 0.2) is 0 Å². The molecule has 0 bridgehead atoms. The van der Waals surface area contributed by atoms with Crippen LogP contribution in [0.25, 0.3) is 0 Å². The smallest absolute Gasteiger partial charge is 0.321 e. The average molecular weight is 435 g/mol. The third-order valence-corrected chi connectivity index (χ3v) is 7.17. The number of likely N-dealkylation sites (tertiary alicyclic amines) is 1. The van der Waals surface area contributed by atoms with Crippen LogP contribution in [-0.4, -0.2) is 51.3 Å². The van der Waals surface area contributed by atoms with Crippen molar-refractivity contribution in [1.29, 1.82) is 0 Å². The van der Waals surface area contributed by atoms with E-state index < -0.39 is 10.0 Å². The van der Waals surface area contributed by atoms with Gasteiger partial charge in [0, 0.05) is 37.1 Å². The van der Waals surface area contributed by atoms with Crippen molar-refractivity contribution in [3.63, 3.8) is 0 Å². The van der Waals surface area contributed by atoms with Gasteiger partial charge in [0.25, 0.3) is 0 Å². The highest BCUT2D eigenvalue weighted by atomic mass is 32.2. The van der Waals surface area contributed by atoms with Crippen molar-refractivity contribution in [3.05, 3.63) is 46.2 Å². The van der Waals surface area contributed by atoms with E-state index >= 15 is 0 Å². The minimum Gasteiger partial charge on any atom is -0.365 e. The molecule has 2 amide bonds. The summed E-state index contributed by atoms with van der Waals surface area (Å²) >= 11 is 1.81. The van der Waals surface area contributed by atoms with E-state index in [4.69, 9.17) is 0 Å². The zero-order valence-corrected chi connectivity index (χ0v) is 18.1. The average Bonchev–Trinajstić information content (AvgIpc) is 3.15. The molecule has 9 heteroatoms. The molecular weight excluding hydrogens is 408 g/mol. The van der Waals surface area contributed by atoms with Gasteiger partial charge in [-0.05, 0) is 48.4 Å². The normalized spacial score (nSPS) is 19.7. The van der Waals surface area contributed by atoms with Gasteiger partial charge in [-0.25, -0.2) is 17.9 Å². The number of sulfonamides is 1. The number of para-hydroxylation sites is 2. The molecule has 2 aromatic rings. The van der Waals surface area contributed by atoms with Crippen LogP contribution < -0.4 is 14.9 Å². The Kier molecular flexibility index (Phi) is 5.80. The van der Waals surface area contributed by atoms with Gasteiger partial charge in [0.05, 0.1) is 17.6 Å². The molecular formula is C20H26N4O3S2. The molecule has 1 aromatic heterocycles. The van der Waals surface area contributed by atoms with E-state index in [1.165, 1.54) is 10.4 Å². The zero-order chi connectivity index (χ0) is 20.4. The van der Waals surface area contributed by atoms with Crippen LogP contribution in [0.5, 0.6) is 0 Å². The van der Waals surface area contributed by atoms with E-state index in [2.05, 4.69) is 26.4 Å². The van der Waals surface area contributed by atoms with Crippen LogP contribution in [0.3, 0.4) is 0 Å². The van der Waals surface area contributed by atoms with Crippen LogP contribution in [0.15, 0.2) is 35.7 Å². The predicted octanol–water partition coefficient (Wildman–Crippen LogP) is 2.86. The lowest BCUT2D eigenvalue weighted by Crippen LogP contribution is -2.50. The van der Waals surface area contributed by atoms with Crippen LogP contribution >= 0.6 is 11.3 Å². The number of rotatable bonds is 4. The first-order valence-electron chi connectivity index (χ1n) is 9.81. The zero-order valence-electron chi connectivity index (χ0n) is 16.4. The van der Waals surface area contributed by atoms with Crippen molar-refractivity contribution in [2.45, 2.75) is 31.8 Å². The molecule has 1 atom stereocenters. The predicted molar refractivity (Wildman–Crippen MR) is 117 cm³/mol. The number of piperidine rings is 1. The van der Waals surface area contributed by atoms with Gasteiger partial charge in [-0.3, -0.25) is 0 Å². The van der Waals surface area contributed by atoms with Crippen LogP contribution in [0.4, 0.5) is 16.2 Å². The van der Waals surface area contributed by atoms with E-state index in [1.54, 1.807) is 4.90 Å². The first kappa shape index (κ1) is 20.2. The molecule has 1 aromatic carbocycles. The van der Waals surface area contributed by atoms with E-state index in [-0.39, 0.29) is 12.1 Å². The summed E-state index contributed by atoms with van der Waals surface area (Å²) in [5.74, 6) is 0. The summed E-state index contributed by atoms with van der Waals surface area (Å²) in [6, 6.07) is 9.62. The Labute approximate surface area is 175 Å². The maximum Gasteiger partial charge on any atom is 0.321 e. The third kappa shape index (κ3) is 4.91. The van der Waals surface area contributed by atoms with Gasteiger partial charge in [-0.15, -0.1) is 11.3 Å². The van der Waals surface area contributed by atoms with Crippen LogP contribution in [-0.2, 0) is 23.0 Å². The molecule has 2 aliphatic heterocycles. The molecule has 7 nitrogen and oxygen atoms in total. The number of amides is 2. The SMILES string of the molecule is CS(=O)(=O)N[C@@H]1CCCN(C(=O)Nc2ccccc2N2CCc3sccc3C2)C1. The summed E-state index contributed by atoms with van der Waals surface area (Å²) in [6.07, 6.45) is 3.68. The second-order valence-electron chi connectivity index (χ2n) is 7.66. The van der Waals surface area contributed by atoms with Crippen LogP contribution in [0.2, 0.25) is 0 Å². The molecule has 29 heavy (non-hydrogen) atoms. The number of benzene rings is 1. The Hall–Kier alpha value is -2.10. The van der Waals surface area contributed by atoms with Crippen LogP contribution in [0.1, 0.15) is 23.3 Å². The maximum atomic E-state index is 12.9. The second-order valence-corrected chi connectivity index (χ2v) is 10.4. The molecule has 0 saturated carbocycles. The summed E-state index contributed by atoms with van der Waals surface area (Å²) in [4.78, 5) is 18.3. The Morgan fingerprint density at radius 2 is 2.03 bits per heavy atom. The summed E-state index contributed by atoms with van der Waals surface area (Å²) in [7, 11) is -3.29. The van der Waals surface area contributed by atoms with Gasteiger partial charge in [-0.1, -0.05) is 12.1 Å². The Morgan fingerprint density at radius 3 is 2.86 bits per heavy atom. The lowest BCUT2D eigenvalue weighted by molar-refractivity contribution is 0.190. The fraction of sp³-hybridized carbons (Fsp3) is 0.450. The first-order valence-corrected chi connectivity index (χ1v) is 12.6. The summed E-state index contributed by atoms with van der Waals surface area (Å²) < 4.78 is 25.7.